The summed E-state index contributed by atoms with van der Waals surface area (Å²) in [5.41, 5.74) is 0.965. The second-order valence-electron chi connectivity index (χ2n) is 6.09. The van der Waals surface area contributed by atoms with Crippen molar-refractivity contribution in [1.29, 1.82) is 0 Å². The minimum Gasteiger partial charge on any atom is -0.483 e. The topological polar surface area (TPSA) is 55.8 Å². The van der Waals surface area contributed by atoms with Gasteiger partial charge in [-0.05, 0) is 24.0 Å². The van der Waals surface area contributed by atoms with Crippen LogP contribution in [0.4, 0.5) is 0 Å². The molecule has 0 aliphatic rings. The molecule has 1 aromatic rings. The molecule has 5 nitrogen and oxygen atoms in total. The van der Waals surface area contributed by atoms with Crippen LogP contribution in [0.2, 0.25) is 0 Å². The minimum atomic E-state index is -0.423. The molecule has 22 heavy (non-hydrogen) atoms. The maximum atomic E-state index is 12.0. The number of carbonyl (C=O) groups is 2. The zero-order valence-corrected chi connectivity index (χ0v) is 14.0. The van der Waals surface area contributed by atoms with Crippen molar-refractivity contribution in [2.75, 3.05) is 26.8 Å². The van der Waals surface area contributed by atoms with E-state index < -0.39 is 5.97 Å². The summed E-state index contributed by atoms with van der Waals surface area (Å²) in [5.74, 6) is -0.00177. The summed E-state index contributed by atoms with van der Waals surface area (Å²) in [4.78, 5) is 24.7. The van der Waals surface area contributed by atoms with Gasteiger partial charge in [-0.2, -0.15) is 0 Å². The molecular weight excluding hydrogens is 282 g/mol. The summed E-state index contributed by atoms with van der Waals surface area (Å²) in [6.07, 6.45) is 0. The Balaban J connectivity index is 2.63. The largest absolute Gasteiger partial charge is 0.483 e. The molecule has 5 heteroatoms. The highest BCUT2D eigenvalue weighted by Gasteiger charge is 2.20. The Kier molecular flexibility index (Phi) is 6.40. The van der Waals surface area contributed by atoms with E-state index in [1.54, 1.807) is 14.0 Å². The highest BCUT2D eigenvalue weighted by atomic mass is 16.5. The molecule has 0 atom stereocenters. The Morgan fingerprint density at radius 2 is 1.82 bits per heavy atom. The molecule has 0 aliphatic carbocycles. The average molecular weight is 307 g/mol. The number of esters is 1. The Morgan fingerprint density at radius 1 is 1.18 bits per heavy atom. The van der Waals surface area contributed by atoms with Gasteiger partial charge in [0.15, 0.2) is 6.61 Å². The smallest absolute Gasteiger partial charge is 0.325 e. The van der Waals surface area contributed by atoms with E-state index in [0.29, 0.717) is 12.4 Å². The molecule has 0 bridgehead atoms. The van der Waals surface area contributed by atoms with Crippen LogP contribution >= 0.6 is 0 Å². The van der Waals surface area contributed by atoms with Crippen molar-refractivity contribution < 1.29 is 19.1 Å². The molecule has 1 aromatic carbocycles. The van der Waals surface area contributed by atoms with Crippen LogP contribution in [0, 0.1) is 0 Å². The fourth-order valence-corrected chi connectivity index (χ4v) is 1.95. The van der Waals surface area contributed by atoms with E-state index in [-0.39, 0.29) is 24.5 Å². The zero-order valence-electron chi connectivity index (χ0n) is 14.0. The molecule has 0 fully saturated rings. The van der Waals surface area contributed by atoms with Gasteiger partial charge in [-0.1, -0.05) is 39.0 Å². The van der Waals surface area contributed by atoms with Gasteiger partial charge >= 0.3 is 5.97 Å². The average Bonchev–Trinajstić information content (AvgIpc) is 2.44. The predicted molar refractivity (Wildman–Crippen MR) is 84.9 cm³/mol. The van der Waals surface area contributed by atoms with Crippen LogP contribution in [0.5, 0.6) is 5.75 Å². The van der Waals surface area contributed by atoms with Gasteiger partial charge in [0.05, 0.1) is 6.61 Å². The molecule has 0 saturated carbocycles. The van der Waals surface area contributed by atoms with Crippen LogP contribution in [0.15, 0.2) is 24.3 Å². The highest BCUT2D eigenvalue weighted by molar-refractivity contribution is 5.82. The second-order valence-corrected chi connectivity index (χ2v) is 6.09. The van der Waals surface area contributed by atoms with Crippen LogP contribution in [0.25, 0.3) is 0 Å². The lowest BCUT2D eigenvalue weighted by atomic mass is 9.86. The number of carbonyl (C=O) groups excluding carboxylic acids is 2. The van der Waals surface area contributed by atoms with Crippen LogP contribution in [-0.2, 0) is 19.7 Å². The third-order valence-electron chi connectivity index (χ3n) is 3.14. The summed E-state index contributed by atoms with van der Waals surface area (Å²) >= 11 is 0. The fourth-order valence-electron chi connectivity index (χ4n) is 1.95. The van der Waals surface area contributed by atoms with E-state index >= 15 is 0 Å². The van der Waals surface area contributed by atoms with Gasteiger partial charge in [-0.3, -0.25) is 9.59 Å². The van der Waals surface area contributed by atoms with Crippen molar-refractivity contribution in [3.63, 3.8) is 0 Å². The van der Waals surface area contributed by atoms with Crippen LogP contribution in [0.1, 0.15) is 33.3 Å². The summed E-state index contributed by atoms with van der Waals surface area (Å²) in [6, 6.07) is 7.65. The zero-order chi connectivity index (χ0) is 16.8. The standard InChI is InChI=1S/C17H25NO4/c1-6-21-16(20)11-18(5)15(19)12-22-14-10-8-7-9-13(14)17(2,3)4/h7-10H,6,11-12H2,1-5H3. The first kappa shape index (κ1) is 18.0. The fraction of sp³-hybridized carbons (Fsp3) is 0.529. The normalized spacial score (nSPS) is 11.0. The summed E-state index contributed by atoms with van der Waals surface area (Å²) in [7, 11) is 1.55. The van der Waals surface area contributed by atoms with Crippen LogP contribution < -0.4 is 4.74 Å². The van der Waals surface area contributed by atoms with E-state index in [2.05, 4.69) is 20.8 Å². The Hall–Kier alpha value is -2.04. The molecule has 0 saturated heterocycles. The number of hydrogen-bond acceptors (Lipinski definition) is 4. The van der Waals surface area contributed by atoms with E-state index in [0.717, 1.165) is 5.56 Å². The van der Waals surface area contributed by atoms with Gasteiger partial charge in [0.2, 0.25) is 0 Å². The molecule has 0 N–H and O–H groups in total. The van der Waals surface area contributed by atoms with Gasteiger partial charge in [0.25, 0.3) is 5.91 Å². The predicted octanol–water partition coefficient (Wildman–Crippen LogP) is 2.38. The number of benzene rings is 1. The lowest BCUT2D eigenvalue weighted by molar-refractivity contribution is -0.148. The van der Waals surface area contributed by atoms with Gasteiger partial charge in [0.1, 0.15) is 12.3 Å². The van der Waals surface area contributed by atoms with E-state index in [1.807, 2.05) is 24.3 Å². The number of amides is 1. The molecule has 1 rings (SSSR count). The first-order valence-corrected chi connectivity index (χ1v) is 7.37. The van der Waals surface area contributed by atoms with Crippen LogP contribution in [-0.4, -0.2) is 43.6 Å². The molecule has 0 unspecified atom stereocenters. The summed E-state index contributed by atoms with van der Waals surface area (Å²) < 4.78 is 10.5. The third kappa shape index (κ3) is 5.39. The Labute approximate surface area is 132 Å². The summed E-state index contributed by atoms with van der Waals surface area (Å²) in [5, 5.41) is 0. The number of hydrogen-bond donors (Lipinski definition) is 0. The molecule has 1 amide bonds. The number of para-hydroxylation sites is 1. The van der Waals surface area contributed by atoms with Crippen molar-refractivity contribution in [3.8, 4) is 5.75 Å². The lowest BCUT2D eigenvalue weighted by Crippen LogP contribution is -2.36. The number of likely N-dealkylation sites (N-methyl/N-ethyl adjacent to an activating group) is 1. The Morgan fingerprint density at radius 3 is 2.41 bits per heavy atom. The van der Waals surface area contributed by atoms with Crippen molar-refractivity contribution in [1.82, 2.24) is 4.90 Å². The van der Waals surface area contributed by atoms with Crippen LogP contribution in [0.3, 0.4) is 0 Å². The first-order valence-electron chi connectivity index (χ1n) is 7.37. The number of rotatable bonds is 6. The van der Waals surface area contributed by atoms with Crippen molar-refractivity contribution in [2.45, 2.75) is 33.1 Å². The van der Waals surface area contributed by atoms with Gasteiger partial charge < -0.3 is 14.4 Å². The van der Waals surface area contributed by atoms with E-state index in [1.165, 1.54) is 4.90 Å². The van der Waals surface area contributed by atoms with E-state index in [9.17, 15) is 9.59 Å². The summed E-state index contributed by atoms with van der Waals surface area (Å²) in [6.45, 7) is 8.11. The molecule has 0 radical (unpaired) electrons. The third-order valence-corrected chi connectivity index (χ3v) is 3.14. The monoisotopic (exact) mass is 307 g/mol. The second kappa shape index (κ2) is 7.82. The van der Waals surface area contributed by atoms with Gasteiger partial charge in [0, 0.05) is 7.05 Å². The van der Waals surface area contributed by atoms with Gasteiger partial charge in [-0.15, -0.1) is 0 Å². The maximum Gasteiger partial charge on any atom is 0.325 e. The molecular formula is C17H25NO4. The quantitative estimate of drug-likeness (QED) is 0.757. The first-order chi connectivity index (χ1) is 10.3. The van der Waals surface area contributed by atoms with Crippen molar-refractivity contribution >= 4 is 11.9 Å². The highest BCUT2D eigenvalue weighted by Crippen LogP contribution is 2.30. The maximum absolute atomic E-state index is 12.0. The molecule has 0 heterocycles. The molecule has 122 valence electrons. The SMILES string of the molecule is CCOC(=O)CN(C)C(=O)COc1ccccc1C(C)(C)C. The van der Waals surface area contributed by atoms with Gasteiger partial charge in [-0.25, -0.2) is 0 Å². The molecule has 0 aromatic heterocycles. The minimum absolute atomic E-state index is 0.0725. The van der Waals surface area contributed by atoms with Crippen molar-refractivity contribution in [2.24, 2.45) is 0 Å². The number of ether oxygens (including phenoxy) is 2. The number of nitrogens with zero attached hydrogens (tertiary/aromatic N) is 1. The lowest BCUT2D eigenvalue weighted by Gasteiger charge is -2.23. The molecule has 0 spiro atoms. The Bertz CT molecular complexity index is 520. The van der Waals surface area contributed by atoms with Crippen molar-refractivity contribution in [3.05, 3.63) is 29.8 Å². The molecule has 0 aliphatic heterocycles. The van der Waals surface area contributed by atoms with E-state index in [4.69, 9.17) is 9.47 Å².